The first kappa shape index (κ1) is 16.3. The van der Waals surface area contributed by atoms with Crippen LogP contribution in [0.2, 0.25) is 0 Å². The highest BCUT2D eigenvalue weighted by atomic mass is 16.5. The van der Waals surface area contributed by atoms with Gasteiger partial charge in [-0.15, -0.1) is 0 Å². The van der Waals surface area contributed by atoms with Crippen molar-refractivity contribution in [2.45, 2.75) is 19.3 Å². The van der Waals surface area contributed by atoms with Crippen molar-refractivity contribution in [1.82, 2.24) is 15.1 Å². The summed E-state index contributed by atoms with van der Waals surface area (Å²) in [5.41, 5.74) is 1.59. The molecule has 2 aromatic rings. The van der Waals surface area contributed by atoms with Crippen molar-refractivity contribution in [3.8, 4) is 5.69 Å². The van der Waals surface area contributed by atoms with Crippen molar-refractivity contribution >= 4 is 11.7 Å². The van der Waals surface area contributed by atoms with Crippen molar-refractivity contribution in [1.29, 1.82) is 0 Å². The van der Waals surface area contributed by atoms with Crippen LogP contribution < -0.4 is 16.2 Å². The van der Waals surface area contributed by atoms with Crippen LogP contribution in [0.3, 0.4) is 0 Å². The molecule has 3 N–H and O–H groups in total. The highest BCUT2D eigenvalue weighted by Crippen LogP contribution is 2.48. The van der Waals surface area contributed by atoms with E-state index in [0.717, 1.165) is 31.6 Å². The number of H-pyrrole nitrogens is 1. The van der Waals surface area contributed by atoms with E-state index >= 15 is 0 Å². The van der Waals surface area contributed by atoms with Gasteiger partial charge in [-0.2, -0.15) is 0 Å². The predicted molar refractivity (Wildman–Crippen MR) is 91.6 cm³/mol. The minimum Gasteiger partial charge on any atom is -0.385 e. The van der Waals surface area contributed by atoms with Crippen LogP contribution in [0.15, 0.2) is 41.3 Å². The van der Waals surface area contributed by atoms with Gasteiger partial charge in [-0.05, 0) is 48.9 Å². The number of methoxy groups -OCH3 is 1. The lowest BCUT2D eigenvalue weighted by molar-refractivity contribution is 0.171. The molecule has 24 heavy (non-hydrogen) atoms. The largest absolute Gasteiger partial charge is 0.385 e. The smallest absolute Gasteiger partial charge is 0.319 e. The fourth-order valence-electron chi connectivity index (χ4n) is 2.65. The molecule has 0 unspecified atom stereocenters. The first-order valence-corrected chi connectivity index (χ1v) is 8.02. The van der Waals surface area contributed by atoms with E-state index in [4.69, 9.17) is 4.74 Å². The molecular formula is C17H22N4O3. The fourth-order valence-corrected chi connectivity index (χ4v) is 2.65. The first-order chi connectivity index (χ1) is 11.6. The Morgan fingerprint density at radius 1 is 1.29 bits per heavy atom. The minimum atomic E-state index is -0.208. The van der Waals surface area contributed by atoms with Crippen molar-refractivity contribution in [2.24, 2.45) is 5.41 Å². The van der Waals surface area contributed by atoms with Gasteiger partial charge in [0, 0.05) is 38.2 Å². The molecule has 1 heterocycles. The van der Waals surface area contributed by atoms with Gasteiger partial charge in [0.1, 0.15) is 0 Å². The second-order valence-electron chi connectivity index (χ2n) is 6.26. The molecule has 7 nitrogen and oxygen atoms in total. The molecule has 128 valence electrons. The third-order valence-corrected chi connectivity index (χ3v) is 4.43. The first-order valence-electron chi connectivity index (χ1n) is 8.02. The number of carbonyl (C=O) groups excluding carboxylic acids is 1. The molecule has 2 amide bonds. The van der Waals surface area contributed by atoms with Crippen molar-refractivity contribution < 1.29 is 9.53 Å². The van der Waals surface area contributed by atoms with Crippen LogP contribution in [0, 0.1) is 5.41 Å². The molecule has 0 spiro atoms. The van der Waals surface area contributed by atoms with Crippen LogP contribution in [0.4, 0.5) is 10.5 Å². The summed E-state index contributed by atoms with van der Waals surface area (Å²) in [4.78, 5) is 23.2. The maximum atomic E-state index is 12.0. The van der Waals surface area contributed by atoms with Gasteiger partial charge in [0.25, 0.3) is 5.56 Å². The Morgan fingerprint density at radius 2 is 2.04 bits per heavy atom. The average molecular weight is 330 g/mol. The number of urea groups is 1. The van der Waals surface area contributed by atoms with E-state index in [1.54, 1.807) is 30.1 Å². The Hall–Kier alpha value is -2.54. The molecule has 0 aliphatic heterocycles. The summed E-state index contributed by atoms with van der Waals surface area (Å²) in [6, 6.07) is 8.49. The molecule has 1 aromatic heterocycles. The van der Waals surface area contributed by atoms with E-state index in [0.29, 0.717) is 12.2 Å². The summed E-state index contributed by atoms with van der Waals surface area (Å²) in [5.74, 6) is 0. The summed E-state index contributed by atoms with van der Waals surface area (Å²) < 4.78 is 6.74. The van der Waals surface area contributed by atoms with Crippen LogP contribution in [0.1, 0.15) is 19.3 Å². The lowest BCUT2D eigenvalue weighted by atomic mass is 10.0. The highest BCUT2D eigenvalue weighted by molar-refractivity contribution is 5.89. The number of rotatable bonds is 7. The number of hydrogen-bond donors (Lipinski definition) is 3. The van der Waals surface area contributed by atoms with E-state index in [-0.39, 0.29) is 17.0 Å². The van der Waals surface area contributed by atoms with Gasteiger partial charge in [-0.25, -0.2) is 4.79 Å². The van der Waals surface area contributed by atoms with E-state index in [1.807, 2.05) is 12.1 Å². The van der Waals surface area contributed by atoms with E-state index in [2.05, 4.69) is 15.7 Å². The number of aromatic amines is 1. The maximum Gasteiger partial charge on any atom is 0.319 e. The van der Waals surface area contributed by atoms with Crippen LogP contribution >= 0.6 is 0 Å². The Labute approximate surface area is 140 Å². The molecule has 1 aromatic carbocycles. The second-order valence-corrected chi connectivity index (χ2v) is 6.26. The number of anilines is 1. The van der Waals surface area contributed by atoms with Gasteiger partial charge in [0.15, 0.2) is 0 Å². The van der Waals surface area contributed by atoms with Gasteiger partial charge in [-0.3, -0.25) is 14.6 Å². The van der Waals surface area contributed by atoms with Crippen LogP contribution in [0.5, 0.6) is 0 Å². The Balaban J connectivity index is 1.50. The van der Waals surface area contributed by atoms with Crippen LogP contribution in [-0.4, -0.2) is 36.1 Å². The Kier molecular flexibility index (Phi) is 4.71. The SMILES string of the molecule is COCCC1(CNC(=O)Nc2ccc(-n3ccc(=O)[nH]3)cc2)CC1. The van der Waals surface area contributed by atoms with E-state index < -0.39 is 0 Å². The minimum absolute atomic E-state index is 0.154. The number of carbonyl (C=O) groups is 1. The van der Waals surface area contributed by atoms with E-state index in [1.165, 1.54) is 6.07 Å². The quantitative estimate of drug-likeness (QED) is 0.726. The highest BCUT2D eigenvalue weighted by Gasteiger charge is 2.42. The second kappa shape index (κ2) is 6.92. The van der Waals surface area contributed by atoms with Gasteiger partial charge in [0.05, 0.1) is 5.69 Å². The zero-order valence-electron chi connectivity index (χ0n) is 13.7. The molecule has 0 saturated heterocycles. The summed E-state index contributed by atoms with van der Waals surface area (Å²) >= 11 is 0. The normalized spacial score (nSPS) is 15.0. The van der Waals surface area contributed by atoms with Crippen LogP contribution in [0.25, 0.3) is 5.69 Å². The standard InChI is InChI=1S/C17H22N4O3/c1-24-11-9-17(7-8-17)12-18-16(23)19-13-2-4-14(5-3-13)21-10-6-15(22)20-21/h2-6,10H,7-9,11-12H2,1H3,(H,20,22)(H2,18,19,23). The van der Waals surface area contributed by atoms with Crippen molar-refractivity contribution in [3.63, 3.8) is 0 Å². The Bertz CT molecular complexity index is 744. The monoisotopic (exact) mass is 330 g/mol. The fraction of sp³-hybridized carbons (Fsp3) is 0.412. The molecule has 0 atom stereocenters. The Morgan fingerprint density at radius 3 is 2.62 bits per heavy atom. The number of nitrogens with zero attached hydrogens (tertiary/aromatic N) is 1. The van der Waals surface area contributed by atoms with Gasteiger partial charge < -0.3 is 15.4 Å². The lowest BCUT2D eigenvalue weighted by Crippen LogP contribution is -2.34. The summed E-state index contributed by atoms with van der Waals surface area (Å²) in [7, 11) is 1.70. The van der Waals surface area contributed by atoms with Gasteiger partial charge in [0.2, 0.25) is 0 Å². The topological polar surface area (TPSA) is 88.2 Å². The van der Waals surface area contributed by atoms with Gasteiger partial charge >= 0.3 is 6.03 Å². The number of hydrogen-bond acceptors (Lipinski definition) is 3. The lowest BCUT2D eigenvalue weighted by Gasteiger charge is -2.16. The van der Waals surface area contributed by atoms with Crippen molar-refractivity contribution in [3.05, 3.63) is 46.9 Å². The molecule has 1 aliphatic rings. The number of aromatic nitrogens is 2. The third kappa shape index (κ3) is 4.05. The number of benzene rings is 1. The molecular weight excluding hydrogens is 308 g/mol. The summed E-state index contributed by atoms with van der Waals surface area (Å²) in [6.07, 6.45) is 4.92. The summed E-state index contributed by atoms with van der Waals surface area (Å²) in [5, 5.41) is 8.42. The van der Waals surface area contributed by atoms with Crippen molar-refractivity contribution in [2.75, 3.05) is 25.6 Å². The predicted octanol–water partition coefficient (Wildman–Crippen LogP) is 2.10. The molecule has 0 bridgehead atoms. The molecule has 1 fully saturated rings. The average Bonchev–Trinajstić information content (AvgIpc) is 3.24. The van der Waals surface area contributed by atoms with E-state index in [9.17, 15) is 9.59 Å². The maximum absolute atomic E-state index is 12.0. The molecule has 1 aliphatic carbocycles. The molecule has 0 radical (unpaired) electrons. The molecule has 7 heteroatoms. The zero-order chi connectivity index (χ0) is 17.0. The number of nitrogens with one attached hydrogen (secondary N) is 3. The summed E-state index contributed by atoms with van der Waals surface area (Å²) in [6.45, 7) is 1.40. The molecule has 3 rings (SSSR count). The molecule has 1 saturated carbocycles. The van der Waals surface area contributed by atoms with Gasteiger partial charge in [-0.1, -0.05) is 0 Å². The number of amides is 2. The third-order valence-electron chi connectivity index (χ3n) is 4.43. The van der Waals surface area contributed by atoms with Crippen LogP contribution in [-0.2, 0) is 4.74 Å². The number of ether oxygens (including phenoxy) is 1. The zero-order valence-corrected chi connectivity index (χ0v) is 13.7.